The molecule has 1 rings (SSSR count). The Hall–Kier alpha value is -1.12. The van der Waals surface area contributed by atoms with E-state index in [9.17, 15) is 0 Å². The third-order valence-electron chi connectivity index (χ3n) is 1.65. The van der Waals surface area contributed by atoms with Crippen LogP contribution in [0.25, 0.3) is 0 Å². The van der Waals surface area contributed by atoms with E-state index in [0.717, 1.165) is 17.1 Å². The summed E-state index contributed by atoms with van der Waals surface area (Å²) in [6, 6.07) is 5.60. The average Bonchev–Trinajstić information content (AvgIpc) is 2.16. The lowest BCUT2D eigenvalue weighted by Crippen LogP contribution is -1.91. The molecule has 0 saturated heterocycles. The fraction of sp³-hybridized carbons (Fsp3) is 0.333. The van der Waals surface area contributed by atoms with Crippen LogP contribution in [0.2, 0.25) is 0 Å². The molecule has 0 aromatic heterocycles. The quantitative estimate of drug-likeness (QED) is 0.625. The van der Waals surface area contributed by atoms with E-state index in [0.29, 0.717) is 6.32 Å². The summed E-state index contributed by atoms with van der Waals surface area (Å²) in [6.45, 7) is 0. The van der Waals surface area contributed by atoms with Gasteiger partial charge in [0, 0.05) is 6.07 Å². The monoisotopic (exact) mass is 162 g/mol. The van der Waals surface area contributed by atoms with Crippen molar-refractivity contribution in [1.29, 1.82) is 0 Å². The standard InChI is InChI=1S/C9H11BO2/c1-11-8-3-7(6-10)4-9(5-8)12-2/h3-5H,6H2,1-2H3. The molecule has 2 radical (unpaired) electrons. The maximum absolute atomic E-state index is 5.49. The van der Waals surface area contributed by atoms with Crippen LogP contribution in [0.5, 0.6) is 11.5 Å². The first-order chi connectivity index (χ1) is 5.80. The minimum atomic E-state index is 0.494. The van der Waals surface area contributed by atoms with Gasteiger partial charge in [0.15, 0.2) is 0 Å². The average molecular weight is 162 g/mol. The SMILES string of the molecule is [B]Cc1cc(OC)cc(OC)c1. The predicted molar refractivity (Wildman–Crippen MR) is 49.0 cm³/mol. The van der Waals surface area contributed by atoms with E-state index < -0.39 is 0 Å². The fourth-order valence-electron chi connectivity index (χ4n) is 0.984. The zero-order valence-corrected chi connectivity index (χ0v) is 7.33. The van der Waals surface area contributed by atoms with Crippen molar-refractivity contribution in [2.24, 2.45) is 0 Å². The van der Waals surface area contributed by atoms with Crippen LogP contribution in [-0.2, 0) is 6.32 Å². The fourth-order valence-corrected chi connectivity index (χ4v) is 0.984. The van der Waals surface area contributed by atoms with E-state index in [-0.39, 0.29) is 0 Å². The highest BCUT2D eigenvalue weighted by Crippen LogP contribution is 2.21. The number of ether oxygens (including phenoxy) is 2. The lowest BCUT2D eigenvalue weighted by Gasteiger charge is -2.06. The molecule has 0 aliphatic rings. The second kappa shape index (κ2) is 4.05. The highest BCUT2D eigenvalue weighted by molar-refractivity contribution is 6.08. The van der Waals surface area contributed by atoms with Gasteiger partial charge in [-0.25, -0.2) is 0 Å². The maximum Gasteiger partial charge on any atom is 0.122 e. The molecule has 0 fully saturated rings. The summed E-state index contributed by atoms with van der Waals surface area (Å²) in [4.78, 5) is 0. The Bertz CT molecular complexity index is 205. The van der Waals surface area contributed by atoms with Crippen molar-refractivity contribution in [3.8, 4) is 11.5 Å². The van der Waals surface area contributed by atoms with Crippen molar-refractivity contribution in [3.05, 3.63) is 23.8 Å². The van der Waals surface area contributed by atoms with Gasteiger partial charge in [-0.05, 0) is 17.7 Å². The van der Waals surface area contributed by atoms with Crippen molar-refractivity contribution >= 4 is 7.85 Å². The van der Waals surface area contributed by atoms with Crippen LogP contribution in [0, 0.1) is 0 Å². The molecule has 0 atom stereocenters. The molecule has 0 saturated carbocycles. The summed E-state index contributed by atoms with van der Waals surface area (Å²) in [5.74, 6) is 1.55. The van der Waals surface area contributed by atoms with Gasteiger partial charge < -0.3 is 9.47 Å². The molecule has 0 heterocycles. The lowest BCUT2D eigenvalue weighted by atomic mass is 9.97. The van der Waals surface area contributed by atoms with E-state index in [4.69, 9.17) is 17.3 Å². The first-order valence-corrected chi connectivity index (χ1v) is 3.72. The summed E-state index contributed by atoms with van der Waals surface area (Å²) in [7, 11) is 8.73. The summed E-state index contributed by atoms with van der Waals surface area (Å²) < 4.78 is 10.1. The summed E-state index contributed by atoms with van der Waals surface area (Å²) in [5, 5.41) is 0. The molecule has 0 spiro atoms. The highest BCUT2D eigenvalue weighted by Gasteiger charge is 1.98. The van der Waals surface area contributed by atoms with E-state index in [2.05, 4.69) is 0 Å². The van der Waals surface area contributed by atoms with Gasteiger partial charge in [-0.15, -0.1) is 0 Å². The highest BCUT2D eigenvalue weighted by atomic mass is 16.5. The zero-order chi connectivity index (χ0) is 8.97. The van der Waals surface area contributed by atoms with Gasteiger partial charge in [0.05, 0.1) is 22.1 Å². The topological polar surface area (TPSA) is 18.5 Å². The number of benzene rings is 1. The molecule has 0 aliphatic heterocycles. The van der Waals surface area contributed by atoms with Gasteiger partial charge in [0.1, 0.15) is 11.5 Å². The van der Waals surface area contributed by atoms with Gasteiger partial charge in [-0.1, -0.05) is 6.32 Å². The van der Waals surface area contributed by atoms with Gasteiger partial charge >= 0.3 is 0 Å². The minimum Gasteiger partial charge on any atom is -0.497 e. The maximum atomic E-state index is 5.49. The molecule has 12 heavy (non-hydrogen) atoms. The van der Waals surface area contributed by atoms with E-state index in [1.807, 2.05) is 18.2 Å². The van der Waals surface area contributed by atoms with Crippen molar-refractivity contribution in [2.75, 3.05) is 14.2 Å². The van der Waals surface area contributed by atoms with Crippen molar-refractivity contribution in [1.82, 2.24) is 0 Å². The Morgan fingerprint density at radius 1 is 1.08 bits per heavy atom. The van der Waals surface area contributed by atoms with Crippen LogP contribution in [0.1, 0.15) is 5.56 Å². The molecule has 62 valence electrons. The first-order valence-electron chi connectivity index (χ1n) is 3.72. The van der Waals surface area contributed by atoms with Crippen LogP contribution in [-0.4, -0.2) is 22.1 Å². The Labute approximate surface area is 73.9 Å². The summed E-state index contributed by atoms with van der Waals surface area (Å²) in [6.07, 6.45) is 0.494. The second-order valence-electron chi connectivity index (χ2n) is 2.43. The molecule has 3 heteroatoms. The van der Waals surface area contributed by atoms with Gasteiger partial charge in [0.25, 0.3) is 0 Å². The Morgan fingerprint density at radius 3 is 1.92 bits per heavy atom. The molecular weight excluding hydrogens is 151 g/mol. The summed E-state index contributed by atoms with van der Waals surface area (Å²) >= 11 is 0. The zero-order valence-electron chi connectivity index (χ0n) is 7.33. The molecule has 0 unspecified atom stereocenters. The van der Waals surface area contributed by atoms with E-state index >= 15 is 0 Å². The Kier molecular flexibility index (Phi) is 3.03. The third-order valence-corrected chi connectivity index (χ3v) is 1.65. The van der Waals surface area contributed by atoms with E-state index in [1.54, 1.807) is 14.2 Å². The van der Waals surface area contributed by atoms with Gasteiger partial charge in [0.2, 0.25) is 0 Å². The predicted octanol–water partition coefficient (Wildman–Crippen LogP) is 1.37. The molecule has 0 bridgehead atoms. The smallest absolute Gasteiger partial charge is 0.122 e. The molecule has 0 aliphatic carbocycles. The number of hydrogen-bond acceptors (Lipinski definition) is 2. The number of methoxy groups -OCH3 is 2. The molecular formula is C9H11BO2. The van der Waals surface area contributed by atoms with Crippen molar-refractivity contribution < 1.29 is 9.47 Å². The van der Waals surface area contributed by atoms with Crippen LogP contribution >= 0.6 is 0 Å². The first kappa shape index (κ1) is 8.98. The largest absolute Gasteiger partial charge is 0.497 e. The second-order valence-corrected chi connectivity index (χ2v) is 2.43. The van der Waals surface area contributed by atoms with Gasteiger partial charge in [-0.2, -0.15) is 0 Å². The van der Waals surface area contributed by atoms with Crippen LogP contribution < -0.4 is 9.47 Å². The molecule has 0 N–H and O–H groups in total. The molecule has 0 amide bonds. The molecule has 1 aromatic carbocycles. The molecule has 2 nitrogen and oxygen atoms in total. The summed E-state index contributed by atoms with van der Waals surface area (Å²) in [5.41, 5.74) is 1.01. The Morgan fingerprint density at radius 2 is 1.58 bits per heavy atom. The van der Waals surface area contributed by atoms with Crippen molar-refractivity contribution in [2.45, 2.75) is 6.32 Å². The number of hydrogen-bond donors (Lipinski definition) is 0. The number of rotatable bonds is 3. The van der Waals surface area contributed by atoms with Crippen LogP contribution in [0.15, 0.2) is 18.2 Å². The molecule has 1 aromatic rings. The lowest BCUT2D eigenvalue weighted by molar-refractivity contribution is 0.393. The van der Waals surface area contributed by atoms with Crippen LogP contribution in [0.4, 0.5) is 0 Å². The minimum absolute atomic E-state index is 0.494. The van der Waals surface area contributed by atoms with Crippen molar-refractivity contribution in [3.63, 3.8) is 0 Å². The Balaban J connectivity index is 3.01. The third kappa shape index (κ3) is 1.94. The normalized spacial score (nSPS) is 9.50. The van der Waals surface area contributed by atoms with Gasteiger partial charge in [-0.3, -0.25) is 0 Å². The van der Waals surface area contributed by atoms with Crippen LogP contribution in [0.3, 0.4) is 0 Å². The van der Waals surface area contributed by atoms with E-state index in [1.165, 1.54) is 0 Å².